The number of hydrogen-bond acceptors (Lipinski definition) is 2. The van der Waals surface area contributed by atoms with Gasteiger partial charge in [-0.3, -0.25) is 9.36 Å². The van der Waals surface area contributed by atoms with E-state index in [0.717, 1.165) is 16.7 Å². The second kappa shape index (κ2) is 5.05. The zero-order valence-corrected chi connectivity index (χ0v) is 13.7. The maximum atomic E-state index is 13.1. The predicted octanol–water partition coefficient (Wildman–Crippen LogP) is 4.10. The summed E-state index contributed by atoms with van der Waals surface area (Å²) >= 11 is 0. The highest BCUT2D eigenvalue weighted by Crippen LogP contribution is 2.24. The van der Waals surface area contributed by atoms with Gasteiger partial charge in [-0.1, -0.05) is 42.0 Å². The molecule has 25 heavy (non-hydrogen) atoms. The van der Waals surface area contributed by atoms with Crippen LogP contribution in [0.4, 0.5) is 0 Å². The predicted molar refractivity (Wildman–Crippen MR) is 101 cm³/mol. The van der Waals surface area contributed by atoms with E-state index in [1.165, 1.54) is 5.56 Å². The highest BCUT2D eigenvalue weighted by molar-refractivity contribution is 5.87. The Balaban J connectivity index is 2.05. The van der Waals surface area contributed by atoms with E-state index in [9.17, 15) is 4.79 Å². The van der Waals surface area contributed by atoms with Crippen molar-refractivity contribution in [1.82, 2.24) is 14.0 Å². The van der Waals surface area contributed by atoms with Gasteiger partial charge in [0.05, 0.1) is 21.9 Å². The molecule has 3 aromatic carbocycles. The van der Waals surface area contributed by atoms with Crippen molar-refractivity contribution in [2.24, 2.45) is 0 Å². The van der Waals surface area contributed by atoms with Crippen molar-refractivity contribution in [2.45, 2.75) is 6.92 Å². The van der Waals surface area contributed by atoms with Gasteiger partial charge in [-0.15, -0.1) is 0 Å². The van der Waals surface area contributed by atoms with Crippen LogP contribution >= 0.6 is 0 Å². The maximum Gasteiger partial charge on any atom is 0.267 e. The summed E-state index contributed by atoms with van der Waals surface area (Å²) in [5.74, 6) is 0.633. The van der Waals surface area contributed by atoms with E-state index >= 15 is 0 Å². The number of hydrogen-bond donors (Lipinski definition) is 0. The fraction of sp³-hybridized carbons (Fsp3) is 0.0476. The number of benzene rings is 3. The second-order valence-electron chi connectivity index (χ2n) is 6.23. The number of nitrogens with zero attached hydrogens (tertiary/aromatic N) is 3. The molecule has 5 rings (SSSR count). The summed E-state index contributed by atoms with van der Waals surface area (Å²) in [7, 11) is 0. The van der Waals surface area contributed by atoms with E-state index in [0.29, 0.717) is 16.7 Å². The van der Waals surface area contributed by atoms with E-state index in [1.807, 2.05) is 53.1 Å². The third kappa shape index (κ3) is 1.94. The smallest absolute Gasteiger partial charge is 0.267 e. The lowest BCUT2D eigenvalue weighted by Crippen LogP contribution is -2.15. The lowest BCUT2D eigenvalue weighted by molar-refractivity contribution is 1.05. The number of rotatable bonds is 1. The number of fused-ring (bicyclic) bond motifs is 4. The van der Waals surface area contributed by atoms with Crippen LogP contribution < -0.4 is 5.56 Å². The molecule has 0 aliphatic carbocycles. The summed E-state index contributed by atoms with van der Waals surface area (Å²) in [6.45, 7) is 2.06. The standard InChI is InChI=1S/C21H15N3O/c1-14-10-12-15(13-11-14)23-18-8-4-5-9-19(18)24-20(25)16-6-2-3-7-17(16)22-21(23)24/h2-13H,1H3. The molecule has 0 atom stereocenters. The highest BCUT2D eigenvalue weighted by atomic mass is 16.1. The lowest BCUT2D eigenvalue weighted by Gasteiger charge is -2.07. The average molecular weight is 325 g/mol. The molecular weight excluding hydrogens is 310 g/mol. The average Bonchev–Trinajstić information content (AvgIpc) is 2.97. The summed E-state index contributed by atoms with van der Waals surface area (Å²) in [5.41, 5.74) is 4.69. The van der Waals surface area contributed by atoms with Crippen molar-refractivity contribution in [3.63, 3.8) is 0 Å². The highest BCUT2D eigenvalue weighted by Gasteiger charge is 2.16. The minimum atomic E-state index is -0.0392. The van der Waals surface area contributed by atoms with Crippen LogP contribution in [-0.4, -0.2) is 14.0 Å². The van der Waals surface area contributed by atoms with Crippen molar-refractivity contribution in [2.75, 3.05) is 0 Å². The Morgan fingerprint density at radius 1 is 0.800 bits per heavy atom. The molecule has 0 aliphatic rings. The first-order chi connectivity index (χ1) is 12.2. The monoisotopic (exact) mass is 325 g/mol. The van der Waals surface area contributed by atoms with Crippen LogP contribution in [0.1, 0.15) is 5.56 Å². The fourth-order valence-corrected chi connectivity index (χ4v) is 3.39. The first kappa shape index (κ1) is 14.0. The summed E-state index contributed by atoms with van der Waals surface area (Å²) < 4.78 is 3.75. The van der Waals surface area contributed by atoms with Gasteiger partial charge in [-0.25, -0.2) is 9.38 Å². The summed E-state index contributed by atoms with van der Waals surface area (Å²) in [4.78, 5) is 17.9. The quantitative estimate of drug-likeness (QED) is 0.465. The largest absolute Gasteiger partial charge is 0.278 e. The van der Waals surface area contributed by atoms with Crippen LogP contribution in [0.5, 0.6) is 0 Å². The van der Waals surface area contributed by atoms with Crippen molar-refractivity contribution < 1.29 is 0 Å². The molecule has 0 fully saturated rings. The molecule has 0 bridgehead atoms. The van der Waals surface area contributed by atoms with E-state index in [4.69, 9.17) is 4.98 Å². The van der Waals surface area contributed by atoms with Crippen LogP contribution in [0.25, 0.3) is 33.4 Å². The van der Waals surface area contributed by atoms with Crippen LogP contribution in [-0.2, 0) is 0 Å². The molecule has 2 heterocycles. The van der Waals surface area contributed by atoms with Crippen molar-refractivity contribution in [1.29, 1.82) is 0 Å². The Bertz CT molecular complexity index is 1310. The number of aromatic nitrogens is 3. The number of imidazole rings is 1. The Morgan fingerprint density at radius 2 is 1.48 bits per heavy atom. The molecule has 0 unspecified atom stereocenters. The summed E-state index contributed by atoms with van der Waals surface area (Å²) in [6.07, 6.45) is 0. The number of aryl methyl sites for hydroxylation is 1. The molecule has 0 spiro atoms. The minimum absolute atomic E-state index is 0.0392. The van der Waals surface area contributed by atoms with Gasteiger partial charge >= 0.3 is 0 Å². The first-order valence-corrected chi connectivity index (χ1v) is 8.22. The van der Waals surface area contributed by atoms with Gasteiger partial charge in [0.25, 0.3) is 5.56 Å². The van der Waals surface area contributed by atoms with E-state index in [-0.39, 0.29) is 5.56 Å². The Morgan fingerprint density at radius 3 is 2.28 bits per heavy atom. The SMILES string of the molecule is Cc1ccc(-n2c3ccccc3n3c(=O)c4ccccc4nc23)cc1. The fourth-order valence-electron chi connectivity index (χ4n) is 3.39. The Hall–Kier alpha value is -3.40. The third-order valence-corrected chi connectivity index (χ3v) is 4.61. The molecular formula is C21H15N3O. The maximum absolute atomic E-state index is 13.1. The van der Waals surface area contributed by atoms with Crippen molar-refractivity contribution >= 4 is 27.7 Å². The van der Waals surface area contributed by atoms with Crippen LogP contribution in [0.2, 0.25) is 0 Å². The Kier molecular flexibility index (Phi) is 2.82. The van der Waals surface area contributed by atoms with Gasteiger partial charge in [-0.2, -0.15) is 0 Å². The van der Waals surface area contributed by atoms with Gasteiger partial charge < -0.3 is 0 Å². The van der Waals surface area contributed by atoms with Crippen LogP contribution in [0.15, 0.2) is 77.6 Å². The molecule has 0 saturated carbocycles. The first-order valence-electron chi connectivity index (χ1n) is 8.22. The molecule has 120 valence electrons. The summed E-state index contributed by atoms with van der Waals surface area (Å²) in [5, 5.41) is 0.631. The molecule has 0 saturated heterocycles. The van der Waals surface area contributed by atoms with Crippen molar-refractivity contribution in [3.8, 4) is 5.69 Å². The third-order valence-electron chi connectivity index (χ3n) is 4.61. The molecule has 0 aliphatic heterocycles. The normalized spacial score (nSPS) is 11.6. The van der Waals surface area contributed by atoms with E-state index in [1.54, 1.807) is 4.40 Å². The topological polar surface area (TPSA) is 39.3 Å². The summed E-state index contributed by atoms with van der Waals surface area (Å²) in [6, 6.07) is 23.7. The van der Waals surface area contributed by atoms with Gasteiger partial charge in [-0.05, 0) is 43.3 Å². The molecule has 0 amide bonds. The molecule has 0 N–H and O–H groups in total. The molecule has 4 heteroatoms. The zero-order chi connectivity index (χ0) is 17.0. The molecule has 2 aromatic heterocycles. The molecule has 0 radical (unpaired) electrons. The minimum Gasteiger partial charge on any atom is -0.278 e. The zero-order valence-electron chi connectivity index (χ0n) is 13.7. The lowest BCUT2D eigenvalue weighted by atomic mass is 10.2. The van der Waals surface area contributed by atoms with E-state index < -0.39 is 0 Å². The van der Waals surface area contributed by atoms with E-state index in [2.05, 4.69) is 31.2 Å². The molecule has 5 aromatic rings. The number of para-hydroxylation sites is 3. The van der Waals surface area contributed by atoms with Crippen LogP contribution in [0.3, 0.4) is 0 Å². The van der Waals surface area contributed by atoms with Crippen LogP contribution in [0, 0.1) is 6.92 Å². The second-order valence-corrected chi connectivity index (χ2v) is 6.23. The van der Waals surface area contributed by atoms with Gasteiger partial charge in [0.1, 0.15) is 0 Å². The van der Waals surface area contributed by atoms with Crippen molar-refractivity contribution in [3.05, 3.63) is 88.7 Å². The Labute approximate surface area is 143 Å². The van der Waals surface area contributed by atoms with Gasteiger partial charge in [0.15, 0.2) is 0 Å². The van der Waals surface area contributed by atoms with Gasteiger partial charge in [0, 0.05) is 5.69 Å². The van der Waals surface area contributed by atoms with Gasteiger partial charge in [0.2, 0.25) is 5.78 Å². The molecule has 4 nitrogen and oxygen atoms in total.